The summed E-state index contributed by atoms with van der Waals surface area (Å²) < 4.78 is 0. The molecule has 1 aliphatic carbocycles. The van der Waals surface area contributed by atoms with E-state index >= 15 is 0 Å². The average Bonchev–Trinajstić information content (AvgIpc) is 1.89. The monoisotopic (exact) mass is 123 g/mol. The zero-order valence-corrected chi connectivity index (χ0v) is 5.59. The molecule has 0 fully saturated rings. The van der Waals surface area contributed by atoms with Gasteiger partial charge in [-0.15, -0.1) is 0 Å². The Morgan fingerprint density at radius 3 is 2.89 bits per heavy atom. The minimum Gasteiger partial charge on any atom is -0.508 e. The highest BCUT2D eigenvalue weighted by atomic mass is 16.3. The summed E-state index contributed by atoms with van der Waals surface area (Å²) in [5.74, 6) is 0.434. The molecule has 1 radical (unpaired) electrons. The van der Waals surface area contributed by atoms with E-state index in [0.29, 0.717) is 5.76 Å². The molecule has 0 aromatic carbocycles. The van der Waals surface area contributed by atoms with Crippen molar-refractivity contribution < 1.29 is 5.11 Å². The first kappa shape index (κ1) is 6.40. The zero-order chi connectivity index (χ0) is 6.69. The molecule has 1 N–H and O–H groups in total. The van der Waals surface area contributed by atoms with Crippen molar-refractivity contribution in [2.24, 2.45) is 0 Å². The van der Waals surface area contributed by atoms with Crippen LogP contribution in [-0.2, 0) is 0 Å². The lowest BCUT2D eigenvalue weighted by atomic mass is 10.0. The lowest BCUT2D eigenvalue weighted by Crippen LogP contribution is -1.92. The molecule has 0 aromatic rings. The first-order chi connectivity index (χ1) is 4.34. The predicted octanol–water partition coefficient (Wildman–Crippen LogP) is 2.37. The van der Waals surface area contributed by atoms with E-state index < -0.39 is 0 Å². The van der Waals surface area contributed by atoms with Crippen LogP contribution in [0.3, 0.4) is 0 Å². The summed E-state index contributed by atoms with van der Waals surface area (Å²) in [5.41, 5.74) is 1.07. The largest absolute Gasteiger partial charge is 0.508 e. The lowest BCUT2D eigenvalue weighted by Gasteiger charge is -2.07. The van der Waals surface area contributed by atoms with Crippen LogP contribution in [-0.4, -0.2) is 5.11 Å². The van der Waals surface area contributed by atoms with E-state index in [4.69, 9.17) is 5.11 Å². The number of aliphatic hydroxyl groups excluding tert-OH is 1. The molecular weight excluding hydrogens is 112 g/mol. The van der Waals surface area contributed by atoms with Gasteiger partial charge in [-0.1, -0.05) is 13.0 Å². The smallest absolute Gasteiger partial charge is 0.114 e. The van der Waals surface area contributed by atoms with E-state index in [1.54, 1.807) is 6.08 Å². The van der Waals surface area contributed by atoms with Crippen molar-refractivity contribution in [1.29, 1.82) is 0 Å². The zero-order valence-electron chi connectivity index (χ0n) is 5.59. The fraction of sp³-hybridized carbons (Fsp3) is 0.375. The van der Waals surface area contributed by atoms with Crippen LogP contribution in [0.1, 0.15) is 19.8 Å². The van der Waals surface area contributed by atoms with Crippen LogP contribution in [0.5, 0.6) is 0 Å². The molecule has 0 aliphatic heterocycles. The Hall–Kier alpha value is -0.720. The Bertz CT molecular complexity index is 154. The highest BCUT2D eigenvalue weighted by molar-refractivity contribution is 5.31. The highest BCUT2D eigenvalue weighted by Gasteiger charge is 2.02. The molecular formula is C8H11O. The van der Waals surface area contributed by atoms with Crippen molar-refractivity contribution in [3.05, 3.63) is 29.9 Å². The summed E-state index contributed by atoms with van der Waals surface area (Å²) in [6.45, 7) is 2.04. The average molecular weight is 123 g/mol. The molecule has 1 rings (SSSR count). The van der Waals surface area contributed by atoms with Gasteiger partial charge in [0.05, 0.1) is 0 Å². The molecule has 0 unspecified atom stereocenters. The van der Waals surface area contributed by atoms with Crippen molar-refractivity contribution in [3.8, 4) is 0 Å². The van der Waals surface area contributed by atoms with Gasteiger partial charge in [-0.3, -0.25) is 0 Å². The van der Waals surface area contributed by atoms with Gasteiger partial charge in [0.2, 0.25) is 0 Å². The molecule has 0 heterocycles. The van der Waals surface area contributed by atoms with E-state index in [1.807, 2.05) is 13.3 Å². The Balaban J connectivity index is 2.68. The van der Waals surface area contributed by atoms with Gasteiger partial charge in [-0.2, -0.15) is 0 Å². The molecule has 9 heavy (non-hydrogen) atoms. The van der Waals surface area contributed by atoms with Gasteiger partial charge in [0.1, 0.15) is 5.76 Å². The van der Waals surface area contributed by atoms with E-state index in [-0.39, 0.29) is 0 Å². The maximum atomic E-state index is 9.13. The van der Waals surface area contributed by atoms with Gasteiger partial charge in [-0.05, 0) is 30.9 Å². The first-order valence-corrected chi connectivity index (χ1v) is 3.26. The number of hydrogen-bond acceptors (Lipinski definition) is 1. The quantitative estimate of drug-likeness (QED) is 0.567. The van der Waals surface area contributed by atoms with Crippen molar-refractivity contribution >= 4 is 0 Å². The second-order valence-electron chi connectivity index (χ2n) is 2.11. The third-order valence-electron chi connectivity index (χ3n) is 1.49. The highest BCUT2D eigenvalue weighted by Crippen LogP contribution is 2.17. The topological polar surface area (TPSA) is 20.2 Å². The summed E-state index contributed by atoms with van der Waals surface area (Å²) in [6, 6.07) is 0. The van der Waals surface area contributed by atoms with E-state index in [1.165, 1.54) is 0 Å². The minimum absolute atomic E-state index is 0.434. The molecule has 0 spiro atoms. The minimum atomic E-state index is 0.434. The van der Waals surface area contributed by atoms with Crippen molar-refractivity contribution in [2.75, 3.05) is 0 Å². The van der Waals surface area contributed by atoms with Gasteiger partial charge in [0.25, 0.3) is 0 Å². The van der Waals surface area contributed by atoms with Crippen molar-refractivity contribution in [2.45, 2.75) is 19.8 Å². The first-order valence-electron chi connectivity index (χ1n) is 3.26. The second kappa shape index (κ2) is 2.72. The molecule has 49 valence electrons. The number of allylic oxidation sites excluding steroid dienone is 3. The molecule has 1 heteroatoms. The Morgan fingerprint density at radius 2 is 2.44 bits per heavy atom. The SMILES string of the molecule is CCC1=CC[CH]C=C1O. The number of aliphatic hydroxyl groups is 1. The van der Waals surface area contributed by atoms with Crippen LogP contribution in [0.2, 0.25) is 0 Å². The molecule has 1 aliphatic rings. The molecule has 0 saturated carbocycles. The molecule has 0 aromatic heterocycles. The fourth-order valence-electron chi connectivity index (χ4n) is 0.927. The van der Waals surface area contributed by atoms with Gasteiger partial charge >= 0.3 is 0 Å². The van der Waals surface area contributed by atoms with Gasteiger partial charge in [0, 0.05) is 0 Å². The van der Waals surface area contributed by atoms with E-state index in [2.05, 4.69) is 6.08 Å². The summed E-state index contributed by atoms with van der Waals surface area (Å²) in [4.78, 5) is 0. The van der Waals surface area contributed by atoms with Crippen LogP contribution in [0.25, 0.3) is 0 Å². The third-order valence-corrected chi connectivity index (χ3v) is 1.49. The normalized spacial score (nSPS) is 18.8. The Morgan fingerprint density at radius 1 is 1.67 bits per heavy atom. The Kier molecular flexibility index (Phi) is 1.93. The van der Waals surface area contributed by atoms with Gasteiger partial charge in [0.15, 0.2) is 0 Å². The van der Waals surface area contributed by atoms with Gasteiger partial charge < -0.3 is 5.11 Å². The van der Waals surface area contributed by atoms with Crippen molar-refractivity contribution in [3.63, 3.8) is 0 Å². The summed E-state index contributed by atoms with van der Waals surface area (Å²) in [7, 11) is 0. The van der Waals surface area contributed by atoms with Crippen LogP contribution in [0.4, 0.5) is 0 Å². The molecule has 0 atom stereocenters. The van der Waals surface area contributed by atoms with Crippen LogP contribution >= 0.6 is 0 Å². The summed E-state index contributed by atoms with van der Waals surface area (Å²) >= 11 is 0. The van der Waals surface area contributed by atoms with E-state index in [0.717, 1.165) is 18.4 Å². The third kappa shape index (κ3) is 1.35. The van der Waals surface area contributed by atoms with E-state index in [9.17, 15) is 0 Å². The molecule has 0 amide bonds. The molecule has 0 saturated heterocycles. The predicted molar refractivity (Wildman–Crippen MR) is 38.0 cm³/mol. The number of rotatable bonds is 1. The molecule has 1 nitrogen and oxygen atoms in total. The maximum absolute atomic E-state index is 9.13. The van der Waals surface area contributed by atoms with Crippen LogP contribution < -0.4 is 0 Å². The van der Waals surface area contributed by atoms with Crippen LogP contribution in [0, 0.1) is 6.42 Å². The standard InChI is InChI=1S/C8H11O/c1-2-7-5-3-4-6-8(7)9/h4-6,9H,2-3H2,1H3. The van der Waals surface area contributed by atoms with Crippen LogP contribution in [0.15, 0.2) is 23.5 Å². The number of hydrogen-bond donors (Lipinski definition) is 1. The Labute approximate surface area is 55.7 Å². The molecule has 0 bridgehead atoms. The summed E-state index contributed by atoms with van der Waals surface area (Å²) in [6.07, 6.45) is 7.66. The maximum Gasteiger partial charge on any atom is 0.114 e. The lowest BCUT2D eigenvalue weighted by molar-refractivity contribution is 0.417. The van der Waals surface area contributed by atoms with Gasteiger partial charge in [-0.25, -0.2) is 0 Å². The van der Waals surface area contributed by atoms with Crippen molar-refractivity contribution in [1.82, 2.24) is 0 Å². The second-order valence-corrected chi connectivity index (χ2v) is 2.11. The summed E-state index contributed by atoms with van der Waals surface area (Å²) in [5, 5.41) is 9.13. The fourth-order valence-corrected chi connectivity index (χ4v) is 0.927.